The Labute approximate surface area is 140 Å². The summed E-state index contributed by atoms with van der Waals surface area (Å²) in [7, 11) is 0. The fourth-order valence-electron chi connectivity index (χ4n) is 2.33. The number of nitrogens with two attached hydrogens (primary N) is 1. The SMILES string of the molecule is N#Cc1cccnc1SCC(=O)c1c(N)n(C2CC2)c(=O)[nH]c1=O. The molecule has 0 atom stereocenters. The number of H-pyrrole nitrogens is 1. The average Bonchev–Trinajstić information content (AvgIpc) is 3.37. The normalized spacial score (nSPS) is 13.5. The zero-order valence-corrected chi connectivity index (χ0v) is 13.3. The molecule has 0 amide bonds. The molecule has 2 heterocycles. The van der Waals surface area contributed by atoms with Crippen LogP contribution in [0.15, 0.2) is 32.9 Å². The first-order valence-electron chi connectivity index (χ1n) is 7.18. The molecule has 1 aliphatic rings. The van der Waals surface area contributed by atoms with Gasteiger partial charge in [0, 0.05) is 12.2 Å². The fraction of sp³-hybridized carbons (Fsp3) is 0.267. The van der Waals surface area contributed by atoms with Gasteiger partial charge in [-0.2, -0.15) is 5.26 Å². The van der Waals surface area contributed by atoms with Crippen LogP contribution in [0.3, 0.4) is 0 Å². The first-order chi connectivity index (χ1) is 11.5. The molecule has 2 aromatic rings. The zero-order chi connectivity index (χ0) is 17.3. The van der Waals surface area contributed by atoms with Crippen molar-refractivity contribution in [2.45, 2.75) is 23.9 Å². The van der Waals surface area contributed by atoms with Gasteiger partial charge in [-0.3, -0.25) is 19.1 Å². The molecular weight excluding hydrogens is 330 g/mol. The quantitative estimate of drug-likeness (QED) is 0.602. The number of thioether (sulfide) groups is 1. The van der Waals surface area contributed by atoms with E-state index < -0.39 is 17.0 Å². The zero-order valence-electron chi connectivity index (χ0n) is 12.5. The molecule has 0 spiro atoms. The number of nitriles is 1. The van der Waals surface area contributed by atoms with Gasteiger partial charge in [-0.1, -0.05) is 11.8 Å². The second-order valence-corrected chi connectivity index (χ2v) is 6.26. The Bertz CT molecular complexity index is 968. The molecule has 8 nitrogen and oxygen atoms in total. The minimum Gasteiger partial charge on any atom is -0.384 e. The lowest BCUT2D eigenvalue weighted by Gasteiger charge is -2.11. The minimum atomic E-state index is -0.790. The van der Waals surface area contributed by atoms with Gasteiger partial charge in [-0.25, -0.2) is 9.78 Å². The predicted molar refractivity (Wildman–Crippen MR) is 88.0 cm³/mol. The largest absolute Gasteiger partial charge is 0.384 e. The van der Waals surface area contributed by atoms with Crippen LogP contribution in [-0.4, -0.2) is 26.1 Å². The van der Waals surface area contributed by atoms with Gasteiger partial charge in [0.25, 0.3) is 5.56 Å². The number of Topliss-reactive ketones (excluding diaryl/α,β-unsaturated/α-hetero) is 1. The van der Waals surface area contributed by atoms with Crippen LogP contribution in [0.25, 0.3) is 0 Å². The van der Waals surface area contributed by atoms with Crippen molar-refractivity contribution >= 4 is 23.4 Å². The molecule has 2 aromatic heterocycles. The third-order valence-electron chi connectivity index (χ3n) is 3.60. The molecule has 24 heavy (non-hydrogen) atoms. The number of carbonyl (C=O) groups excluding carboxylic acids is 1. The number of aromatic amines is 1. The minimum absolute atomic E-state index is 0.0606. The van der Waals surface area contributed by atoms with Gasteiger partial charge < -0.3 is 5.73 Å². The Kier molecular flexibility index (Phi) is 4.22. The van der Waals surface area contributed by atoms with E-state index in [1.165, 1.54) is 10.8 Å². The van der Waals surface area contributed by atoms with Crippen molar-refractivity contribution in [3.8, 4) is 6.07 Å². The van der Waals surface area contributed by atoms with Crippen molar-refractivity contribution in [2.24, 2.45) is 0 Å². The molecule has 3 N–H and O–H groups in total. The highest BCUT2D eigenvalue weighted by Gasteiger charge is 2.30. The van der Waals surface area contributed by atoms with Crippen LogP contribution in [0.2, 0.25) is 0 Å². The van der Waals surface area contributed by atoms with E-state index in [1.54, 1.807) is 12.1 Å². The lowest BCUT2D eigenvalue weighted by molar-refractivity contribution is 0.102. The van der Waals surface area contributed by atoms with Crippen LogP contribution in [0.4, 0.5) is 5.82 Å². The molecule has 1 fully saturated rings. The Morgan fingerprint density at radius 3 is 2.92 bits per heavy atom. The van der Waals surface area contributed by atoms with E-state index in [0.717, 1.165) is 24.6 Å². The molecule has 1 saturated carbocycles. The van der Waals surface area contributed by atoms with E-state index in [2.05, 4.69) is 9.97 Å². The molecule has 122 valence electrons. The summed E-state index contributed by atoms with van der Waals surface area (Å²) in [4.78, 5) is 42.4. The third kappa shape index (κ3) is 2.96. The summed E-state index contributed by atoms with van der Waals surface area (Å²) in [5, 5.41) is 9.42. The van der Waals surface area contributed by atoms with E-state index in [-0.39, 0.29) is 23.2 Å². The average molecular weight is 343 g/mol. The van der Waals surface area contributed by atoms with E-state index >= 15 is 0 Å². The topological polar surface area (TPSA) is 135 Å². The number of hydrogen-bond donors (Lipinski definition) is 2. The number of pyridine rings is 1. The summed E-state index contributed by atoms with van der Waals surface area (Å²) in [6.45, 7) is 0. The lowest BCUT2D eigenvalue weighted by Crippen LogP contribution is -2.36. The summed E-state index contributed by atoms with van der Waals surface area (Å²) >= 11 is 1.05. The summed E-state index contributed by atoms with van der Waals surface area (Å²) in [5.74, 6) is -0.719. The summed E-state index contributed by atoms with van der Waals surface area (Å²) in [6.07, 6.45) is 3.10. The Morgan fingerprint density at radius 2 is 2.25 bits per heavy atom. The van der Waals surface area contributed by atoms with Gasteiger partial charge in [0.2, 0.25) is 0 Å². The second-order valence-electron chi connectivity index (χ2n) is 5.30. The first kappa shape index (κ1) is 16.0. The van der Waals surface area contributed by atoms with E-state index in [0.29, 0.717) is 10.6 Å². The highest BCUT2D eigenvalue weighted by Crippen LogP contribution is 2.35. The standard InChI is InChI=1S/C15H13N5O3S/c16-6-8-2-1-5-18-14(8)24-7-10(21)11-12(17)20(9-3-4-9)15(23)19-13(11)22/h1-2,5,9H,3-4,7,17H2,(H,19,22,23). The number of hydrogen-bond acceptors (Lipinski definition) is 7. The van der Waals surface area contributed by atoms with Crippen LogP contribution < -0.4 is 17.0 Å². The summed E-state index contributed by atoms with van der Waals surface area (Å²) in [5.41, 5.74) is 4.64. The number of aromatic nitrogens is 3. The number of rotatable bonds is 5. The van der Waals surface area contributed by atoms with Gasteiger partial charge in [0.05, 0.1) is 11.3 Å². The maximum absolute atomic E-state index is 12.4. The van der Waals surface area contributed by atoms with Crippen LogP contribution in [0.1, 0.15) is 34.8 Å². The Morgan fingerprint density at radius 1 is 1.50 bits per heavy atom. The molecule has 3 rings (SSSR count). The van der Waals surface area contributed by atoms with Crippen molar-refractivity contribution in [1.82, 2.24) is 14.5 Å². The molecule has 0 bridgehead atoms. The number of ketones is 1. The van der Waals surface area contributed by atoms with Crippen molar-refractivity contribution in [1.29, 1.82) is 5.26 Å². The fourth-order valence-corrected chi connectivity index (χ4v) is 3.14. The predicted octanol–water partition coefficient (Wildman–Crippen LogP) is 0.695. The van der Waals surface area contributed by atoms with Crippen molar-refractivity contribution in [2.75, 3.05) is 11.5 Å². The lowest BCUT2D eigenvalue weighted by atomic mass is 10.2. The van der Waals surface area contributed by atoms with Crippen LogP contribution in [0.5, 0.6) is 0 Å². The third-order valence-corrected chi connectivity index (χ3v) is 4.61. The van der Waals surface area contributed by atoms with Crippen molar-refractivity contribution < 1.29 is 4.79 Å². The summed E-state index contributed by atoms with van der Waals surface area (Å²) < 4.78 is 1.26. The molecule has 1 aliphatic carbocycles. The van der Waals surface area contributed by atoms with Gasteiger partial charge in [-0.15, -0.1) is 0 Å². The van der Waals surface area contributed by atoms with Gasteiger partial charge in [0.15, 0.2) is 5.78 Å². The van der Waals surface area contributed by atoms with Crippen LogP contribution >= 0.6 is 11.8 Å². The number of carbonyl (C=O) groups is 1. The van der Waals surface area contributed by atoms with Crippen LogP contribution in [-0.2, 0) is 0 Å². The van der Waals surface area contributed by atoms with Gasteiger partial charge in [-0.05, 0) is 25.0 Å². The van der Waals surface area contributed by atoms with E-state index in [4.69, 9.17) is 11.0 Å². The van der Waals surface area contributed by atoms with Gasteiger partial charge in [0.1, 0.15) is 22.5 Å². The second kappa shape index (κ2) is 6.33. The van der Waals surface area contributed by atoms with Crippen molar-refractivity contribution in [3.63, 3.8) is 0 Å². The molecule has 0 aliphatic heterocycles. The highest BCUT2D eigenvalue weighted by atomic mass is 32.2. The Balaban J connectivity index is 1.88. The molecule has 0 saturated heterocycles. The highest BCUT2D eigenvalue weighted by molar-refractivity contribution is 8.00. The smallest absolute Gasteiger partial charge is 0.330 e. The van der Waals surface area contributed by atoms with E-state index in [1.807, 2.05) is 6.07 Å². The maximum atomic E-state index is 12.4. The molecule has 0 radical (unpaired) electrons. The summed E-state index contributed by atoms with van der Waals surface area (Å²) in [6, 6.07) is 5.14. The molecular formula is C15H13N5O3S. The van der Waals surface area contributed by atoms with E-state index in [9.17, 15) is 14.4 Å². The number of anilines is 1. The first-order valence-corrected chi connectivity index (χ1v) is 8.17. The van der Waals surface area contributed by atoms with Gasteiger partial charge >= 0.3 is 5.69 Å². The number of nitrogens with one attached hydrogen (secondary N) is 1. The number of nitrogens with zero attached hydrogens (tertiary/aromatic N) is 3. The monoisotopic (exact) mass is 343 g/mol. The molecule has 0 aromatic carbocycles. The molecule has 9 heteroatoms. The van der Waals surface area contributed by atoms with Crippen LogP contribution in [0, 0.1) is 11.3 Å². The number of nitrogen functional groups attached to an aromatic ring is 1. The Hall–Kier alpha value is -2.86. The maximum Gasteiger partial charge on any atom is 0.330 e. The van der Waals surface area contributed by atoms with Crippen molar-refractivity contribution in [3.05, 3.63) is 50.3 Å². The molecule has 0 unspecified atom stereocenters.